The van der Waals surface area contributed by atoms with E-state index in [2.05, 4.69) is 10.1 Å². The summed E-state index contributed by atoms with van der Waals surface area (Å²) in [5, 5.41) is 24.0. The van der Waals surface area contributed by atoms with Crippen molar-refractivity contribution in [2.24, 2.45) is 12.0 Å². The van der Waals surface area contributed by atoms with Gasteiger partial charge in [-0.05, 0) is 13.0 Å². The minimum atomic E-state index is -0.660. The SMILES string of the molecule is CCO/C=N/c1c(C#N)c(-c2ccc([N+](=O)[O-])o2)nn1C. The highest BCUT2D eigenvalue weighted by atomic mass is 16.6. The molecule has 0 bridgehead atoms. The fourth-order valence-electron chi connectivity index (χ4n) is 1.65. The molecule has 2 aromatic rings. The molecule has 0 saturated carbocycles. The van der Waals surface area contributed by atoms with E-state index in [0.29, 0.717) is 6.61 Å². The van der Waals surface area contributed by atoms with Crippen molar-refractivity contribution in [2.45, 2.75) is 6.92 Å². The number of hydrogen-bond acceptors (Lipinski definition) is 7. The minimum absolute atomic E-state index is 0.131. The highest BCUT2D eigenvalue weighted by Gasteiger charge is 2.22. The van der Waals surface area contributed by atoms with E-state index < -0.39 is 10.8 Å². The first-order valence-corrected chi connectivity index (χ1v) is 5.94. The second-order valence-corrected chi connectivity index (χ2v) is 3.87. The summed E-state index contributed by atoms with van der Waals surface area (Å²) in [6.07, 6.45) is 1.21. The second kappa shape index (κ2) is 5.87. The maximum atomic E-state index is 10.6. The first kappa shape index (κ1) is 14.3. The Morgan fingerprint density at radius 2 is 2.43 bits per heavy atom. The van der Waals surface area contributed by atoms with Crippen LogP contribution in [0.3, 0.4) is 0 Å². The van der Waals surface area contributed by atoms with Gasteiger partial charge in [0.2, 0.25) is 0 Å². The van der Waals surface area contributed by atoms with E-state index in [9.17, 15) is 15.4 Å². The van der Waals surface area contributed by atoms with Gasteiger partial charge >= 0.3 is 5.88 Å². The summed E-state index contributed by atoms with van der Waals surface area (Å²) in [4.78, 5) is 14.0. The van der Waals surface area contributed by atoms with Crippen molar-refractivity contribution in [1.29, 1.82) is 5.26 Å². The fraction of sp³-hybridized carbons (Fsp3) is 0.250. The molecule has 108 valence electrons. The zero-order valence-electron chi connectivity index (χ0n) is 11.3. The highest BCUT2D eigenvalue weighted by molar-refractivity contribution is 5.71. The van der Waals surface area contributed by atoms with Crippen molar-refractivity contribution in [3.8, 4) is 17.5 Å². The van der Waals surface area contributed by atoms with Crippen LogP contribution in [0, 0.1) is 21.4 Å². The van der Waals surface area contributed by atoms with Gasteiger partial charge in [0.15, 0.2) is 18.0 Å². The Morgan fingerprint density at radius 3 is 3.00 bits per heavy atom. The molecule has 0 amide bonds. The average molecular weight is 289 g/mol. The second-order valence-electron chi connectivity index (χ2n) is 3.87. The molecular weight excluding hydrogens is 278 g/mol. The molecule has 0 aliphatic rings. The number of aliphatic imine (C=N–C) groups is 1. The average Bonchev–Trinajstić information content (AvgIpc) is 3.04. The van der Waals surface area contributed by atoms with E-state index in [0.717, 1.165) is 0 Å². The monoisotopic (exact) mass is 289 g/mol. The molecule has 0 aliphatic heterocycles. The molecule has 9 nitrogen and oxygen atoms in total. The van der Waals surface area contributed by atoms with E-state index in [1.165, 1.54) is 23.2 Å². The lowest BCUT2D eigenvalue weighted by molar-refractivity contribution is -0.401. The highest BCUT2D eigenvalue weighted by Crippen LogP contribution is 2.32. The van der Waals surface area contributed by atoms with Crippen molar-refractivity contribution in [3.63, 3.8) is 0 Å². The van der Waals surface area contributed by atoms with Gasteiger partial charge in [0.05, 0.1) is 12.7 Å². The van der Waals surface area contributed by atoms with E-state index in [1.54, 1.807) is 14.0 Å². The van der Waals surface area contributed by atoms with Crippen LogP contribution in [0.15, 0.2) is 21.5 Å². The number of rotatable bonds is 5. The quantitative estimate of drug-likeness (QED) is 0.360. The van der Waals surface area contributed by atoms with Gasteiger partial charge in [-0.25, -0.2) is 4.68 Å². The maximum absolute atomic E-state index is 10.6. The lowest BCUT2D eigenvalue weighted by Gasteiger charge is -1.94. The van der Waals surface area contributed by atoms with Crippen LogP contribution in [0.4, 0.5) is 11.7 Å². The first-order valence-electron chi connectivity index (χ1n) is 5.94. The molecule has 0 spiro atoms. The Morgan fingerprint density at radius 1 is 1.67 bits per heavy atom. The van der Waals surface area contributed by atoms with Crippen LogP contribution in [0.25, 0.3) is 11.5 Å². The summed E-state index contributed by atoms with van der Waals surface area (Å²) in [6, 6.07) is 4.56. The van der Waals surface area contributed by atoms with Crippen molar-refractivity contribution < 1.29 is 14.1 Å². The van der Waals surface area contributed by atoms with Gasteiger partial charge in [-0.15, -0.1) is 0 Å². The molecule has 0 radical (unpaired) electrons. The topological polar surface area (TPSA) is 119 Å². The molecule has 0 N–H and O–H groups in total. The minimum Gasteiger partial charge on any atom is -0.483 e. The molecule has 2 heterocycles. The Labute approximate surface area is 119 Å². The molecule has 0 aliphatic carbocycles. The van der Waals surface area contributed by atoms with Crippen LogP contribution in [0.1, 0.15) is 12.5 Å². The third-order valence-corrected chi connectivity index (χ3v) is 2.55. The van der Waals surface area contributed by atoms with Crippen LogP contribution in [0.2, 0.25) is 0 Å². The predicted octanol–water partition coefficient (Wildman–Crippen LogP) is 2.16. The van der Waals surface area contributed by atoms with Crippen LogP contribution >= 0.6 is 0 Å². The summed E-state index contributed by atoms with van der Waals surface area (Å²) in [5.41, 5.74) is 0.342. The number of furan rings is 1. The van der Waals surface area contributed by atoms with Crippen molar-refractivity contribution >= 4 is 18.1 Å². The summed E-state index contributed by atoms with van der Waals surface area (Å²) in [6.45, 7) is 2.24. The summed E-state index contributed by atoms with van der Waals surface area (Å²) in [7, 11) is 1.60. The number of ether oxygens (including phenoxy) is 1. The zero-order chi connectivity index (χ0) is 15.4. The maximum Gasteiger partial charge on any atom is 0.433 e. The smallest absolute Gasteiger partial charge is 0.433 e. The molecule has 0 atom stereocenters. The van der Waals surface area contributed by atoms with Gasteiger partial charge in [-0.2, -0.15) is 15.4 Å². The van der Waals surface area contributed by atoms with Gasteiger partial charge in [-0.3, -0.25) is 10.1 Å². The molecule has 0 fully saturated rings. The Balaban J connectivity index is 2.47. The molecular formula is C12H11N5O4. The molecule has 0 saturated heterocycles. The molecule has 2 aromatic heterocycles. The van der Waals surface area contributed by atoms with Crippen LogP contribution in [-0.2, 0) is 11.8 Å². The largest absolute Gasteiger partial charge is 0.483 e. The predicted molar refractivity (Wildman–Crippen MR) is 72.1 cm³/mol. The number of hydrogen-bond donors (Lipinski definition) is 0. The number of nitrogens with zero attached hydrogens (tertiary/aromatic N) is 5. The lowest BCUT2D eigenvalue weighted by Crippen LogP contribution is -1.91. The summed E-state index contributed by atoms with van der Waals surface area (Å²) < 4.78 is 11.4. The molecule has 0 aromatic carbocycles. The summed E-state index contributed by atoms with van der Waals surface area (Å²) in [5.74, 6) is -0.00868. The van der Waals surface area contributed by atoms with Crippen molar-refractivity contribution in [1.82, 2.24) is 9.78 Å². The van der Waals surface area contributed by atoms with Gasteiger partial charge in [0.1, 0.15) is 22.2 Å². The third-order valence-electron chi connectivity index (χ3n) is 2.55. The normalized spacial score (nSPS) is 10.7. The Bertz CT molecular complexity index is 737. The van der Waals surface area contributed by atoms with Crippen molar-refractivity contribution in [2.75, 3.05) is 6.61 Å². The van der Waals surface area contributed by atoms with Gasteiger partial charge in [0.25, 0.3) is 0 Å². The fourth-order valence-corrected chi connectivity index (χ4v) is 1.65. The lowest BCUT2D eigenvalue weighted by atomic mass is 10.2. The number of nitriles is 1. The Kier molecular flexibility index (Phi) is 3.99. The molecule has 2 rings (SSSR count). The summed E-state index contributed by atoms with van der Waals surface area (Å²) >= 11 is 0. The number of nitro groups is 1. The molecule has 0 unspecified atom stereocenters. The zero-order valence-corrected chi connectivity index (χ0v) is 11.3. The first-order chi connectivity index (χ1) is 10.1. The van der Waals surface area contributed by atoms with Crippen LogP contribution in [0.5, 0.6) is 0 Å². The van der Waals surface area contributed by atoms with Crippen LogP contribution < -0.4 is 0 Å². The number of aryl methyl sites for hydroxylation is 1. The van der Waals surface area contributed by atoms with Crippen molar-refractivity contribution in [3.05, 3.63) is 27.8 Å². The third kappa shape index (κ3) is 2.74. The standard InChI is InChI=1S/C12H11N5O4/c1-3-20-7-14-12-8(6-13)11(15-16(12)2)9-4-5-10(21-9)17(18)19/h4-5,7H,3H2,1-2H3/b14-7+. The molecule has 9 heteroatoms. The van der Waals surface area contributed by atoms with E-state index in [-0.39, 0.29) is 22.8 Å². The van der Waals surface area contributed by atoms with Gasteiger partial charge < -0.3 is 9.15 Å². The van der Waals surface area contributed by atoms with Crippen LogP contribution in [-0.4, -0.2) is 27.7 Å². The Hall–Kier alpha value is -3.15. The van der Waals surface area contributed by atoms with Gasteiger partial charge in [-0.1, -0.05) is 0 Å². The number of aromatic nitrogens is 2. The van der Waals surface area contributed by atoms with E-state index >= 15 is 0 Å². The van der Waals surface area contributed by atoms with Gasteiger partial charge in [0, 0.05) is 7.05 Å². The molecule has 21 heavy (non-hydrogen) atoms. The van der Waals surface area contributed by atoms with E-state index in [1.807, 2.05) is 6.07 Å². The van der Waals surface area contributed by atoms with E-state index in [4.69, 9.17) is 9.15 Å².